The van der Waals surface area contributed by atoms with Gasteiger partial charge in [0.1, 0.15) is 11.6 Å². The number of carbonyl (C=O) groups is 1. The monoisotopic (exact) mass is 300 g/mol. The molecule has 22 heavy (non-hydrogen) atoms. The molecule has 1 fully saturated rings. The van der Waals surface area contributed by atoms with E-state index in [9.17, 15) is 4.79 Å². The van der Waals surface area contributed by atoms with Crippen molar-refractivity contribution >= 4 is 5.97 Å². The average Bonchev–Trinajstić information content (AvgIpc) is 3.18. The van der Waals surface area contributed by atoms with Gasteiger partial charge >= 0.3 is 5.97 Å². The fourth-order valence-corrected chi connectivity index (χ4v) is 3.03. The molecule has 0 saturated heterocycles. The third-order valence-corrected chi connectivity index (χ3v) is 4.12. The molecule has 116 valence electrons. The highest BCUT2D eigenvalue weighted by Crippen LogP contribution is 2.28. The predicted molar refractivity (Wildman–Crippen MR) is 82.8 cm³/mol. The van der Waals surface area contributed by atoms with Crippen molar-refractivity contribution in [2.24, 2.45) is 5.92 Å². The van der Waals surface area contributed by atoms with Crippen LogP contribution in [0.3, 0.4) is 0 Å². The summed E-state index contributed by atoms with van der Waals surface area (Å²) in [7, 11) is 0. The van der Waals surface area contributed by atoms with E-state index < -0.39 is 5.97 Å². The molecule has 0 amide bonds. The van der Waals surface area contributed by atoms with E-state index in [-0.39, 0.29) is 6.61 Å². The van der Waals surface area contributed by atoms with E-state index in [2.05, 4.69) is 9.55 Å². The van der Waals surface area contributed by atoms with Crippen LogP contribution in [0.5, 0.6) is 5.75 Å². The van der Waals surface area contributed by atoms with Gasteiger partial charge in [-0.05, 0) is 43.0 Å². The van der Waals surface area contributed by atoms with Gasteiger partial charge in [-0.3, -0.25) is 0 Å². The van der Waals surface area contributed by atoms with Crippen molar-refractivity contribution in [2.75, 3.05) is 6.61 Å². The Kier molecular flexibility index (Phi) is 4.42. The first-order valence-corrected chi connectivity index (χ1v) is 7.68. The van der Waals surface area contributed by atoms with E-state index >= 15 is 0 Å². The van der Waals surface area contributed by atoms with Crippen LogP contribution in [0.1, 0.15) is 25.7 Å². The number of nitrogens with zero attached hydrogens (tertiary/aromatic N) is 2. The standard InChI is InChI=1S/C17H20N2O3/c20-16(21)12-22-15-7-5-14(6-8-15)17-18-9-10-19(17)11-13-3-1-2-4-13/h5-10,13H,1-4,11-12H2,(H,20,21). The molecule has 5 heteroatoms. The minimum absolute atomic E-state index is 0.324. The van der Waals surface area contributed by atoms with E-state index in [1.165, 1.54) is 25.7 Å². The zero-order valence-corrected chi connectivity index (χ0v) is 12.4. The largest absolute Gasteiger partial charge is 0.482 e. The van der Waals surface area contributed by atoms with Crippen LogP contribution in [0.2, 0.25) is 0 Å². The Morgan fingerprint density at radius 2 is 2.00 bits per heavy atom. The Bertz CT molecular complexity index is 628. The molecule has 3 rings (SSSR count). The summed E-state index contributed by atoms with van der Waals surface area (Å²) in [6.07, 6.45) is 9.15. The Labute approximate surface area is 129 Å². The predicted octanol–water partition coefficient (Wildman–Crippen LogP) is 3.20. The third kappa shape index (κ3) is 3.47. The number of aromatic nitrogens is 2. The lowest BCUT2D eigenvalue weighted by Crippen LogP contribution is -2.09. The minimum Gasteiger partial charge on any atom is -0.482 e. The first kappa shape index (κ1) is 14.6. The van der Waals surface area contributed by atoms with Crippen molar-refractivity contribution in [3.8, 4) is 17.1 Å². The Morgan fingerprint density at radius 1 is 1.27 bits per heavy atom. The zero-order valence-electron chi connectivity index (χ0n) is 12.4. The molecule has 0 aliphatic heterocycles. The molecule has 5 nitrogen and oxygen atoms in total. The molecule has 0 unspecified atom stereocenters. The summed E-state index contributed by atoms with van der Waals surface area (Å²) < 4.78 is 7.36. The molecule has 1 heterocycles. The smallest absolute Gasteiger partial charge is 0.341 e. The van der Waals surface area contributed by atoms with Crippen molar-refractivity contribution < 1.29 is 14.6 Å². The molecule has 0 bridgehead atoms. The molecule has 1 aliphatic rings. The lowest BCUT2D eigenvalue weighted by atomic mass is 10.1. The fraction of sp³-hybridized carbons (Fsp3) is 0.412. The summed E-state index contributed by atoms with van der Waals surface area (Å²) in [5.74, 6) is 1.29. The Balaban J connectivity index is 1.71. The molecule has 1 aromatic heterocycles. The van der Waals surface area contributed by atoms with Gasteiger partial charge in [0.2, 0.25) is 0 Å². The van der Waals surface area contributed by atoms with Crippen molar-refractivity contribution in [2.45, 2.75) is 32.2 Å². The van der Waals surface area contributed by atoms with Gasteiger partial charge in [-0.15, -0.1) is 0 Å². The van der Waals surface area contributed by atoms with E-state index in [1.54, 1.807) is 12.1 Å². The summed E-state index contributed by atoms with van der Waals surface area (Å²) in [5.41, 5.74) is 1.02. The van der Waals surface area contributed by atoms with Crippen molar-refractivity contribution in [1.29, 1.82) is 0 Å². The molecular weight excluding hydrogens is 280 g/mol. The normalized spacial score (nSPS) is 15.1. The van der Waals surface area contributed by atoms with Gasteiger partial charge in [0.15, 0.2) is 6.61 Å². The Hall–Kier alpha value is -2.30. The number of rotatable bonds is 6. The lowest BCUT2D eigenvalue weighted by Gasteiger charge is -2.13. The van der Waals surface area contributed by atoms with Crippen LogP contribution in [0.4, 0.5) is 0 Å². The maximum atomic E-state index is 10.5. The van der Waals surface area contributed by atoms with Gasteiger partial charge in [-0.25, -0.2) is 9.78 Å². The number of benzene rings is 1. The molecule has 0 atom stereocenters. The molecule has 1 saturated carbocycles. The molecule has 0 radical (unpaired) electrons. The maximum Gasteiger partial charge on any atom is 0.341 e. The van der Waals surface area contributed by atoms with E-state index in [1.807, 2.05) is 24.5 Å². The number of carboxylic acids is 1. The van der Waals surface area contributed by atoms with Gasteiger partial charge in [0.25, 0.3) is 0 Å². The quantitative estimate of drug-likeness (QED) is 0.889. The fourth-order valence-electron chi connectivity index (χ4n) is 3.03. The van der Waals surface area contributed by atoms with Crippen LogP contribution in [-0.2, 0) is 11.3 Å². The summed E-state index contributed by atoms with van der Waals surface area (Å²) in [4.78, 5) is 15.0. The maximum absolute atomic E-state index is 10.5. The molecule has 1 aromatic carbocycles. The van der Waals surface area contributed by atoms with Crippen molar-refractivity contribution in [3.63, 3.8) is 0 Å². The van der Waals surface area contributed by atoms with Gasteiger partial charge in [-0.1, -0.05) is 12.8 Å². The van der Waals surface area contributed by atoms with Gasteiger partial charge in [0.05, 0.1) is 0 Å². The topological polar surface area (TPSA) is 64.3 Å². The molecule has 2 aromatic rings. The van der Waals surface area contributed by atoms with Crippen LogP contribution in [0.25, 0.3) is 11.4 Å². The second kappa shape index (κ2) is 6.64. The minimum atomic E-state index is -0.976. The highest BCUT2D eigenvalue weighted by molar-refractivity contribution is 5.68. The average molecular weight is 300 g/mol. The summed E-state index contributed by atoms with van der Waals surface area (Å²) in [6.45, 7) is 0.697. The van der Waals surface area contributed by atoms with Crippen molar-refractivity contribution in [3.05, 3.63) is 36.7 Å². The zero-order chi connectivity index (χ0) is 15.4. The molecule has 0 spiro atoms. The van der Waals surface area contributed by atoms with Crippen LogP contribution in [-0.4, -0.2) is 27.2 Å². The number of hydrogen-bond donors (Lipinski definition) is 1. The molecule has 1 aliphatic carbocycles. The van der Waals surface area contributed by atoms with E-state index in [0.717, 1.165) is 23.9 Å². The summed E-state index contributed by atoms with van der Waals surface area (Å²) in [5, 5.41) is 8.61. The number of aliphatic carboxylic acids is 1. The summed E-state index contributed by atoms with van der Waals surface area (Å²) in [6, 6.07) is 7.41. The number of imidazole rings is 1. The van der Waals surface area contributed by atoms with Crippen LogP contribution in [0.15, 0.2) is 36.7 Å². The second-order valence-electron chi connectivity index (χ2n) is 5.76. The first-order chi connectivity index (χ1) is 10.7. The van der Waals surface area contributed by atoms with Gasteiger partial charge in [0, 0.05) is 24.5 Å². The van der Waals surface area contributed by atoms with Gasteiger partial charge < -0.3 is 14.4 Å². The first-order valence-electron chi connectivity index (χ1n) is 7.68. The Morgan fingerprint density at radius 3 is 2.68 bits per heavy atom. The molecular formula is C17H20N2O3. The van der Waals surface area contributed by atoms with Crippen LogP contribution >= 0.6 is 0 Å². The second-order valence-corrected chi connectivity index (χ2v) is 5.76. The van der Waals surface area contributed by atoms with Crippen molar-refractivity contribution in [1.82, 2.24) is 9.55 Å². The molecule has 1 N–H and O–H groups in total. The van der Waals surface area contributed by atoms with E-state index in [0.29, 0.717) is 5.75 Å². The number of ether oxygens (including phenoxy) is 1. The highest BCUT2D eigenvalue weighted by atomic mass is 16.5. The number of hydrogen-bond acceptors (Lipinski definition) is 3. The summed E-state index contributed by atoms with van der Waals surface area (Å²) >= 11 is 0. The van der Waals surface area contributed by atoms with Crippen LogP contribution in [0, 0.1) is 5.92 Å². The van der Waals surface area contributed by atoms with Crippen LogP contribution < -0.4 is 4.74 Å². The lowest BCUT2D eigenvalue weighted by molar-refractivity contribution is -0.139. The highest BCUT2D eigenvalue weighted by Gasteiger charge is 2.17. The van der Waals surface area contributed by atoms with Gasteiger partial charge in [-0.2, -0.15) is 0 Å². The van der Waals surface area contributed by atoms with E-state index in [4.69, 9.17) is 9.84 Å². The number of carboxylic acid groups (broad SMARTS) is 1. The third-order valence-electron chi connectivity index (χ3n) is 4.12. The SMILES string of the molecule is O=C(O)COc1ccc(-c2nccn2CC2CCCC2)cc1.